The minimum Gasteiger partial charge on any atom is -0.0616 e. The molecule has 0 N–H and O–H groups in total. The van der Waals surface area contributed by atoms with E-state index >= 15 is 0 Å². The highest BCUT2D eigenvalue weighted by Gasteiger charge is 2.47. The second-order valence-corrected chi connectivity index (χ2v) is 13.5. The Kier molecular flexibility index (Phi) is 5.15. The van der Waals surface area contributed by atoms with Crippen LogP contribution in [0.2, 0.25) is 0 Å². The molecular formula is C42H36. The molecule has 0 bridgehead atoms. The molecule has 0 spiro atoms. The lowest BCUT2D eigenvalue weighted by Crippen LogP contribution is -2.24. The Morgan fingerprint density at radius 3 is 1.14 bits per heavy atom. The first kappa shape index (κ1) is 25.3. The average Bonchev–Trinajstić information content (AvgIpc) is 3.37. The highest BCUT2D eigenvalue weighted by atomic mass is 14.5. The third kappa shape index (κ3) is 3.36. The molecule has 0 saturated carbocycles. The summed E-state index contributed by atoms with van der Waals surface area (Å²) >= 11 is 0. The molecule has 0 unspecified atom stereocenters. The summed E-state index contributed by atoms with van der Waals surface area (Å²) in [5, 5.41) is 2.74. The van der Waals surface area contributed by atoms with Crippen LogP contribution in [0.1, 0.15) is 61.1 Å². The van der Waals surface area contributed by atoms with Crippen LogP contribution in [0.25, 0.3) is 55.3 Å². The van der Waals surface area contributed by atoms with Crippen LogP contribution in [0, 0.1) is 13.8 Å². The summed E-state index contributed by atoms with van der Waals surface area (Å²) in [6.45, 7) is 14.1. The van der Waals surface area contributed by atoms with Gasteiger partial charge in [-0.3, -0.25) is 0 Å². The summed E-state index contributed by atoms with van der Waals surface area (Å²) in [5.41, 5.74) is 19.0. The van der Waals surface area contributed by atoms with Crippen molar-refractivity contribution in [3.05, 3.63) is 143 Å². The summed E-state index contributed by atoms with van der Waals surface area (Å²) in [6.07, 6.45) is 0. The molecule has 0 saturated heterocycles. The largest absolute Gasteiger partial charge is 0.0616 e. The smallest absolute Gasteiger partial charge is 0.0162 e. The molecule has 0 aromatic heterocycles. The summed E-state index contributed by atoms with van der Waals surface area (Å²) in [7, 11) is 0. The molecule has 0 radical (unpaired) electrons. The quantitative estimate of drug-likeness (QED) is 0.205. The van der Waals surface area contributed by atoms with E-state index in [4.69, 9.17) is 0 Å². The number of benzene rings is 6. The van der Waals surface area contributed by atoms with Crippen LogP contribution in [-0.2, 0) is 10.8 Å². The zero-order chi connectivity index (χ0) is 29.0. The number of rotatable bonds is 2. The number of fused-ring (bicyclic) bond motifs is 10. The van der Waals surface area contributed by atoms with Gasteiger partial charge < -0.3 is 0 Å². The van der Waals surface area contributed by atoms with Gasteiger partial charge in [-0.1, -0.05) is 136 Å². The fourth-order valence-electron chi connectivity index (χ4n) is 7.93. The normalized spacial score (nSPS) is 15.3. The standard InChI is InChI=1S/C42H36/c1-25-11-15-27(16-12-25)29-19-21-33-35(23-29)41(3,4)39-37(33)31-9-7-8-10-32(31)38-34-22-20-30(28-17-13-26(2)14-18-28)24-36(34)42(5,6)40(38)39/h7-24H,1-6H3. The summed E-state index contributed by atoms with van der Waals surface area (Å²) in [4.78, 5) is 0. The Labute approximate surface area is 249 Å². The third-order valence-corrected chi connectivity index (χ3v) is 10.2. The lowest BCUT2D eigenvalue weighted by molar-refractivity contribution is 0.602. The van der Waals surface area contributed by atoms with Crippen LogP contribution in [0.4, 0.5) is 0 Å². The van der Waals surface area contributed by atoms with Crippen molar-refractivity contribution in [3.63, 3.8) is 0 Å². The van der Waals surface area contributed by atoms with Crippen molar-refractivity contribution in [3.8, 4) is 44.5 Å². The van der Waals surface area contributed by atoms with E-state index in [0.717, 1.165) is 0 Å². The monoisotopic (exact) mass is 540 g/mol. The molecule has 2 aliphatic carbocycles. The molecule has 6 aromatic rings. The van der Waals surface area contributed by atoms with Crippen molar-refractivity contribution in [1.82, 2.24) is 0 Å². The maximum absolute atomic E-state index is 2.46. The van der Waals surface area contributed by atoms with Gasteiger partial charge in [-0.25, -0.2) is 0 Å². The SMILES string of the molecule is Cc1ccc(-c2ccc3c(c2)C(C)(C)c2c4c(c5ccccc5c2-3)-c2ccc(-c3ccc(C)cc3)cc2C4(C)C)cc1. The van der Waals surface area contributed by atoms with E-state index in [1.54, 1.807) is 0 Å². The van der Waals surface area contributed by atoms with E-state index in [0.29, 0.717) is 0 Å². The third-order valence-electron chi connectivity index (χ3n) is 10.2. The van der Waals surface area contributed by atoms with Crippen LogP contribution in [0.5, 0.6) is 0 Å². The lowest BCUT2D eigenvalue weighted by atomic mass is 9.71. The first-order valence-corrected chi connectivity index (χ1v) is 15.2. The van der Waals surface area contributed by atoms with Crippen LogP contribution in [0.15, 0.2) is 109 Å². The lowest BCUT2D eigenvalue weighted by Gasteiger charge is -2.31. The molecule has 0 heterocycles. The second kappa shape index (κ2) is 8.55. The zero-order valence-corrected chi connectivity index (χ0v) is 25.4. The Hall–Kier alpha value is -4.42. The van der Waals surface area contributed by atoms with Crippen molar-refractivity contribution in [2.45, 2.75) is 52.4 Å². The summed E-state index contributed by atoms with van der Waals surface area (Å²) < 4.78 is 0. The van der Waals surface area contributed by atoms with Gasteiger partial charge in [0.15, 0.2) is 0 Å². The molecule has 42 heavy (non-hydrogen) atoms. The van der Waals surface area contributed by atoms with Gasteiger partial charge in [-0.2, -0.15) is 0 Å². The van der Waals surface area contributed by atoms with Gasteiger partial charge in [0.1, 0.15) is 0 Å². The van der Waals surface area contributed by atoms with Crippen molar-refractivity contribution < 1.29 is 0 Å². The van der Waals surface area contributed by atoms with Gasteiger partial charge in [-0.15, -0.1) is 0 Å². The number of hydrogen-bond acceptors (Lipinski definition) is 0. The first-order valence-electron chi connectivity index (χ1n) is 15.2. The Morgan fingerprint density at radius 2 is 0.762 bits per heavy atom. The van der Waals surface area contributed by atoms with E-state index in [9.17, 15) is 0 Å². The van der Waals surface area contributed by atoms with Gasteiger partial charge >= 0.3 is 0 Å². The van der Waals surface area contributed by atoms with Crippen LogP contribution < -0.4 is 0 Å². The molecule has 0 nitrogen and oxygen atoms in total. The van der Waals surface area contributed by atoms with Crippen LogP contribution >= 0.6 is 0 Å². The summed E-state index contributed by atoms with van der Waals surface area (Å²) in [6, 6.07) is 41.4. The highest BCUT2D eigenvalue weighted by molar-refractivity contribution is 6.13. The molecule has 0 amide bonds. The van der Waals surface area contributed by atoms with Crippen LogP contribution in [0.3, 0.4) is 0 Å². The molecule has 204 valence electrons. The minimum absolute atomic E-state index is 0.126. The maximum atomic E-state index is 2.46. The molecular weight excluding hydrogens is 504 g/mol. The second-order valence-electron chi connectivity index (χ2n) is 13.5. The molecule has 0 atom stereocenters. The predicted octanol–water partition coefficient (Wildman–Crippen LogP) is 11.4. The van der Waals surface area contributed by atoms with Gasteiger partial charge in [0.05, 0.1) is 0 Å². The topological polar surface area (TPSA) is 0 Å². The Balaban J connectivity index is 1.40. The van der Waals surface area contributed by atoms with Crippen molar-refractivity contribution in [2.24, 2.45) is 0 Å². The van der Waals surface area contributed by atoms with E-state index in [-0.39, 0.29) is 10.8 Å². The van der Waals surface area contributed by atoms with E-state index in [2.05, 4.69) is 151 Å². The van der Waals surface area contributed by atoms with Gasteiger partial charge in [0, 0.05) is 10.8 Å². The van der Waals surface area contributed by atoms with Crippen molar-refractivity contribution in [1.29, 1.82) is 0 Å². The fraction of sp³-hybridized carbons (Fsp3) is 0.190. The molecule has 6 aromatic carbocycles. The van der Waals surface area contributed by atoms with E-state index in [1.165, 1.54) is 88.7 Å². The van der Waals surface area contributed by atoms with Crippen molar-refractivity contribution >= 4 is 10.8 Å². The average molecular weight is 541 g/mol. The Bertz CT molecular complexity index is 1910. The van der Waals surface area contributed by atoms with Gasteiger partial charge in [0.2, 0.25) is 0 Å². The molecule has 0 heteroatoms. The molecule has 0 aliphatic heterocycles. The maximum Gasteiger partial charge on any atom is 0.0162 e. The number of hydrogen-bond donors (Lipinski definition) is 0. The Morgan fingerprint density at radius 1 is 0.405 bits per heavy atom. The molecule has 2 aliphatic rings. The predicted molar refractivity (Wildman–Crippen MR) is 179 cm³/mol. The van der Waals surface area contributed by atoms with Crippen LogP contribution in [-0.4, -0.2) is 0 Å². The van der Waals surface area contributed by atoms with Gasteiger partial charge in [-0.05, 0) is 104 Å². The molecule has 0 fully saturated rings. The number of aryl methyl sites for hydroxylation is 2. The molecule has 8 rings (SSSR count). The summed E-state index contributed by atoms with van der Waals surface area (Å²) in [5.74, 6) is 0. The van der Waals surface area contributed by atoms with E-state index < -0.39 is 0 Å². The minimum atomic E-state index is -0.126. The fourth-order valence-corrected chi connectivity index (χ4v) is 7.93. The van der Waals surface area contributed by atoms with E-state index in [1.807, 2.05) is 0 Å². The van der Waals surface area contributed by atoms with Gasteiger partial charge in [0.25, 0.3) is 0 Å². The first-order chi connectivity index (χ1) is 20.2. The van der Waals surface area contributed by atoms with Crippen molar-refractivity contribution in [2.75, 3.05) is 0 Å². The zero-order valence-electron chi connectivity index (χ0n) is 25.4. The highest BCUT2D eigenvalue weighted by Crippen LogP contribution is 2.62.